The maximum absolute atomic E-state index is 5.21. The van der Waals surface area contributed by atoms with Gasteiger partial charge >= 0.3 is 0 Å². The zero-order valence-electron chi connectivity index (χ0n) is 30.5. The standard InChI is InChI=1S/C53H35N3/c1-4-17-36(18-5-1)37-31-33-39(34-32-37)49-44-26-11-13-28-46(44)50(47-29-14-12-27-45(47)49)41-23-16-24-42(35-41)52-54-51(40-21-8-3-9-22-40)55-53(56-52)48-30-15-10-25-43(48)38-19-6-2-7-20-38/h1-35H. The first-order valence-corrected chi connectivity index (χ1v) is 18.9. The molecule has 3 nitrogen and oxygen atoms in total. The molecule has 0 bridgehead atoms. The number of rotatable bonds is 7. The van der Waals surface area contributed by atoms with Crippen molar-refractivity contribution in [1.29, 1.82) is 0 Å². The molecule has 0 N–H and O–H groups in total. The van der Waals surface area contributed by atoms with Crippen LogP contribution < -0.4 is 0 Å². The highest BCUT2D eigenvalue weighted by molar-refractivity contribution is 6.21. The summed E-state index contributed by atoms with van der Waals surface area (Å²) < 4.78 is 0. The van der Waals surface area contributed by atoms with Gasteiger partial charge in [0.15, 0.2) is 17.5 Å². The topological polar surface area (TPSA) is 38.7 Å². The van der Waals surface area contributed by atoms with Crippen LogP contribution in [0.1, 0.15) is 0 Å². The molecule has 9 aromatic carbocycles. The lowest BCUT2D eigenvalue weighted by Gasteiger charge is -2.18. The molecule has 0 spiro atoms. The molecule has 262 valence electrons. The van der Waals surface area contributed by atoms with Gasteiger partial charge in [0.05, 0.1) is 0 Å². The molecule has 0 amide bonds. The van der Waals surface area contributed by atoms with Crippen molar-refractivity contribution in [2.45, 2.75) is 0 Å². The van der Waals surface area contributed by atoms with Crippen molar-refractivity contribution in [1.82, 2.24) is 15.0 Å². The van der Waals surface area contributed by atoms with Gasteiger partial charge in [-0.1, -0.05) is 206 Å². The molecule has 0 fully saturated rings. The molecule has 0 saturated carbocycles. The second kappa shape index (κ2) is 14.4. The summed E-state index contributed by atoms with van der Waals surface area (Å²) in [4.78, 5) is 15.4. The van der Waals surface area contributed by atoms with Crippen molar-refractivity contribution in [3.63, 3.8) is 0 Å². The van der Waals surface area contributed by atoms with Crippen LogP contribution in [0.2, 0.25) is 0 Å². The Labute approximate surface area is 326 Å². The third-order valence-electron chi connectivity index (χ3n) is 10.5. The van der Waals surface area contributed by atoms with Crippen LogP contribution in [-0.4, -0.2) is 15.0 Å². The summed E-state index contributed by atoms with van der Waals surface area (Å²) in [5.41, 5.74) is 12.2. The lowest BCUT2D eigenvalue weighted by molar-refractivity contribution is 1.07. The normalized spacial score (nSPS) is 11.2. The summed E-state index contributed by atoms with van der Waals surface area (Å²) in [7, 11) is 0. The van der Waals surface area contributed by atoms with Crippen molar-refractivity contribution in [2.75, 3.05) is 0 Å². The molecule has 0 aliphatic rings. The first kappa shape index (κ1) is 33.1. The fourth-order valence-corrected chi connectivity index (χ4v) is 7.91. The molecule has 0 aliphatic carbocycles. The van der Waals surface area contributed by atoms with E-state index in [0.717, 1.165) is 33.4 Å². The molecular formula is C53H35N3. The van der Waals surface area contributed by atoms with Crippen molar-refractivity contribution in [3.05, 3.63) is 212 Å². The zero-order chi connectivity index (χ0) is 37.3. The van der Waals surface area contributed by atoms with E-state index in [1.165, 1.54) is 49.4 Å². The predicted octanol–water partition coefficient (Wildman–Crippen LogP) is 13.8. The minimum absolute atomic E-state index is 0.627. The third kappa shape index (κ3) is 6.12. The summed E-state index contributed by atoms with van der Waals surface area (Å²) in [6, 6.07) is 74.7. The molecule has 0 aliphatic heterocycles. The Hall–Kier alpha value is -7.49. The van der Waals surface area contributed by atoms with Gasteiger partial charge in [0.2, 0.25) is 0 Å². The van der Waals surface area contributed by atoms with E-state index in [1.807, 2.05) is 30.3 Å². The van der Waals surface area contributed by atoms with Crippen LogP contribution in [0.4, 0.5) is 0 Å². The van der Waals surface area contributed by atoms with Crippen molar-refractivity contribution < 1.29 is 0 Å². The third-order valence-corrected chi connectivity index (χ3v) is 10.5. The molecule has 3 heteroatoms. The maximum atomic E-state index is 5.21. The summed E-state index contributed by atoms with van der Waals surface area (Å²) in [5.74, 6) is 1.90. The summed E-state index contributed by atoms with van der Waals surface area (Å²) >= 11 is 0. The summed E-state index contributed by atoms with van der Waals surface area (Å²) in [6.07, 6.45) is 0. The fourth-order valence-electron chi connectivity index (χ4n) is 7.91. The number of hydrogen-bond acceptors (Lipinski definition) is 3. The van der Waals surface area contributed by atoms with Crippen molar-refractivity contribution in [2.24, 2.45) is 0 Å². The molecule has 56 heavy (non-hydrogen) atoms. The monoisotopic (exact) mass is 713 g/mol. The van der Waals surface area contributed by atoms with Crippen molar-refractivity contribution in [3.8, 4) is 78.7 Å². The molecule has 0 unspecified atom stereocenters. The molecule has 0 atom stereocenters. The Kier molecular flexibility index (Phi) is 8.51. The van der Waals surface area contributed by atoms with E-state index >= 15 is 0 Å². The minimum Gasteiger partial charge on any atom is -0.208 e. The number of fused-ring (bicyclic) bond motifs is 2. The Bertz CT molecular complexity index is 2940. The van der Waals surface area contributed by atoms with Crippen molar-refractivity contribution >= 4 is 21.5 Å². The van der Waals surface area contributed by atoms with Crippen LogP contribution in [0.15, 0.2) is 212 Å². The molecule has 0 radical (unpaired) electrons. The first-order valence-electron chi connectivity index (χ1n) is 18.9. The first-order chi connectivity index (χ1) is 27.8. The van der Waals surface area contributed by atoms with Gasteiger partial charge in [-0.05, 0) is 72.1 Å². The van der Waals surface area contributed by atoms with E-state index in [1.54, 1.807) is 0 Å². The van der Waals surface area contributed by atoms with Gasteiger partial charge < -0.3 is 0 Å². The van der Waals surface area contributed by atoms with Gasteiger partial charge in [0.25, 0.3) is 0 Å². The number of aromatic nitrogens is 3. The van der Waals surface area contributed by atoms with Crippen LogP contribution in [0.3, 0.4) is 0 Å². The Balaban J connectivity index is 1.15. The van der Waals surface area contributed by atoms with E-state index in [4.69, 9.17) is 15.0 Å². The van der Waals surface area contributed by atoms with Gasteiger partial charge in [-0.25, -0.2) is 15.0 Å². The minimum atomic E-state index is 0.627. The van der Waals surface area contributed by atoms with Gasteiger partial charge in [-0.15, -0.1) is 0 Å². The number of hydrogen-bond donors (Lipinski definition) is 0. The zero-order valence-corrected chi connectivity index (χ0v) is 30.5. The molecule has 10 aromatic rings. The lowest BCUT2D eigenvalue weighted by atomic mass is 9.85. The Morgan fingerprint density at radius 2 is 0.589 bits per heavy atom. The van der Waals surface area contributed by atoms with Crippen LogP contribution in [0.25, 0.3) is 100 Å². The highest BCUT2D eigenvalue weighted by Crippen LogP contribution is 2.44. The molecular weight excluding hydrogens is 679 g/mol. The highest BCUT2D eigenvalue weighted by atomic mass is 15.0. The second-order valence-corrected chi connectivity index (χ2v) is 13.9. The predicted molar refractivity (Wildman–Crippen MR) is 233 cm³/mol. The van der Waals surface area contributed by atoms with Gasteiger partial charge in [0, 0.05) is 16.7 Å². The van der Waals surface area contributed by atoms with E-state index < -0.39 is 0 Å². The van der Waals surface area contributed by atoms with Gasteiger partial charge in [0.1, 0.15) is 0 Å². The largest absolute Gasteiger partial charge is 0.208 e. The van der Waals surface area contributed by atoms with Crippen LogP contribution >= 0.6 is 0 Å². The highest BCUT2D eigenvalue weighted by Gasteiger charge is 2.19. The molecule has 0 saturated heterocycles. The number of benzene rings is 9. The second-order valence-electron chi connectivity index (χ2n) is 13.9. The average molecular weight is 714 g/mol. The Morgan fingerprint density at radius 1 is 0.214 bits per heavy atom. The average Bonchev–Trinajstić information content (AvgIpc) is 3.29. The maximum Gasteiger partial charge on any atom is 0.164 e. The Morgan fingerprint density at radius 3 is 1.18 bits per heavy atom. The van der Waals surface area contributed by atoms with Gasteiger partial charge in [-0.3, -0.25) is 0 Å². The van der Waals surface area contributed by atoms with E-state index in [9.17, 15) is 0 Å². The quantitative estimate of drug-likeness (QED) is 0.154. The fraction of sp³-hybridized carbons (Fsp3) is 0. The van der Waals surface area contributed by atoms with Gasteiger partial charge in [-0.2, -0.15) is 0 Å². The van der Waals surface area contributed by atoms with E-state index in [0.29, 0.717) is 17.5 Å². The number of nitrogens with zero attached hydrogens (tertiary/aromatic N) is 3. The van der Waals surface area contributed by atoms with Crippen LogP contribution in [0, 0.1) is 0 Å². The van der Waals surface area contributed by atoms with Crippen LogP contribution in [-0.2, 0) is 0 Å². The summed E-state index contributed by atoms with van der Waals surface area (Å²) in [5, 5.41) is 4.82. The molecule has 1 heterocycles. The molecule has 10 rings (SSSR count). The van der Waals surface area contributed by atoms with Crippen LogP contribution in [0.5, 0.6) is 0 Å². The smallest absolute Gasteiger partial charge is 0.164 e. The molecule has 1 aromatic heterocycles. The van der Waals surface area contributed by atoms with E-state index in [-0.39, 0.29) is 0 Å². The summed E-state index contributed by atoms with van der Waals surface area (Å²) in [6.45, 7) is 0. The SMILES string of the molecule is c1ccc(-c2ccc(-c3c4ccccc4c(-c4cccc(-c5nc(-c6ccccc6)nc(-c6ccccc6-c6ccccc6)n5)c4)c4ccccc34)cc2)cc1. The lowest BCUT2D eigenvalue weighted by Crippen LogP contribution is -2.01. The van der Waals surface area contributed by atoms with E-state index in [2.05, 4.69) is 182 Å².